The lowest BCUT2D eigenvalue weighted by atomic mass is 9.88. The summed E-state index contributed by atoms with van der Waals surface area (Å²) in [7, 11) is 0. The zero-order valence-electron chi connectivity index (χ0n) is 35.7. The van der Waals surface area contributed by atoms with Crippen LogP contribution in [0.25, 0.3) is 137 Å². The molecule has 10 aromatic carbocycles. The summed E-state index contributed by atoms with van der Waals surface area (Å²) in [5, 5.41) is 22.7. The van der Waals surface area contributed by atoms with Gasteiger partial charge in [0, 0.05) is 66.8 Å². The molecule has 0 N–H and O–H groups in total. The Morgan fingerprint density at radius 3 is 1.75 bits per heavy atom. The predicted molar refractivity (Wildman–Crippen MR) is 274 cm³/mol. The highest BCUT2D eigenvalue weighted by atomic mass is 16.3. The summed E-state index contributed by atoms with van der Waals surface area (Å²) in [6, 6.07) is 67.5. The number of hydrogen-bond donors (Lipinski definition) is 0. The van der Waals surface area contributed by atoms with Gasteiger partial charge in [0.15, 0.2) is 0 Å². The van der Waals surface area contributed by atoms with Crippen molar-refractivity contribution < 1.29 is 4.42 Å². The molecule has 308 valence electrons. The van der Waals surface area contributed by atoms with E-state index in [-0.39, 0.29) is 0 Å². The zero-order valence-corrected chi connectivity index (χ0v) is 35.7. The molecular formula is C61H33N5O. The summed E-state index contributed by atoms with van der Waals surface area (Å²) >= 11 is 0. The van der Waals surface area contributed by atoms with Gasteiger partial charge < -0.3 is 13.6 Å². The first kappa shape index (κ1) is 36.9. The van der Waals surface area contributed by atoms with Crippen LogP contribution in [0.5, 0.6) is 0 Å². The number of nitriles is 1. The largest absolute Gasteiger partial charge is 0.455 e. The van der Waals surface area contributed by atoms with Gasteiger partial charge in [0.05, 0.1) is 45.6 Å². The molecule has 4 aromatic heterocycles. The van der Waals surface area contributed by atoms with E-state index in [2.05, 4.69) is 146 Å². The number of nitrogens with zero attached hydrogens (tertiary/aromatic N) is 5. The highest BCUT2D eigenvalue weighted by molar-refractivity contribution is 6.34. The van der Waals surface area contributed by atoms with Crippen molar-refractivity contribution in [2.75, 3.05) is 0 Å². The fourth-order valence-corrected chi connectivity index (χ4v) is 11.2. The lowest BCUT2D eigenvalue weighted by molar-refractivity contribution is 0.670. The molecule has 6 nitrogen and oxygen atoms in total. The summed E-state index contributed by atoms with van der Waals surface area (Å²) in [5.74, 6) is 0. The van der Waals surface area contributed by atoms with E-state index < -0.39 is 0 Å². The minimum absolute atomic E-state index is 0.399. The van der Waals surface area contributed by atoms with Crippen LogP contribution < -0.4 is 0 Å². The smallest absolute Gasteiger partial charge is 0.220 e. The van der Waals surface area contributed by atoms with Crippen LogP contribution in [0.4, 0.5) is 5.69 Å². The second kappa shape index (κ2) is 14.0. The SMILES string of the molecule is [C-]#[N+]c1c(-c2ccccc2)c(C#N)c(-n2c3ccccc3c3c(-c4cccc5c4oc4ccccc45)cccc32)c(-c2ccccc2)c1-n1c2cccc3c4ccncc4c4cccc1c4c32. The molecule has 0 aliphatic carbocycles. The molecule has 0 fully saturated rings. The van der Waals surface area contributed by atoms with Crippen molar-refractivity contribution >= 4 is 92.8 Å². The normalized spacial score (nSPS) is 11.9. The Hall–Kier alpha value is -9.49. The molecule has 67 heavy (non-hydrogen) atoms. The first-order chi connectivity index (χ1) is 33.2. The van der Waals surface area contributed by atoms with E-state index in [1.165, 1.54) is 0 Å². The van der Waals surface area contributed by atoms with Gasteiger partial charge in [-0.15, -0.1) is 0 Å². The zero-order chi connectivity index (χ0) is 44.3. The average Bonchev–Trinajstić information content (AvgIpc) is 4.06. The van der Waals surface area contributed by atoms with E-state index in [0.717, 1.165) is 115 Å². The van der Waals surface area contributed by atoms with E-state index in [1.807, 2.05) is 79.1 Å². The lowest BCUT2D eigenvalue weighted by Crippen LogP contribution is -2.08. The molecule has 0 aliphatic heterocycles. The van der Waals surface area contributed by atoms with E-state index >= 15 is 0 Å². The van der Waals surface area contributed by atoms with Gasteiger partial charge >= 0.3 is 0 Å². The Bertz CT molecular complexity index is 4380. The fourth-order valence-electron chi connectivity index (χ4n) is 11.2. The number of fused-ring (bicyclic) bond motifs is 9. The molecule has 0 aliphatic rings. The summed E-state index contributed by atoms with van der Waals surface area (Å²) in [6.07, 6.45) is 3.82. The third kappa shape index (κ3) is 4.99. The summed E-state index contributed by atoms with van der Waals surface area (Å²) < 4.78 is 11.3. The molecule has 4 heterocycles. The van der Waals surface area contributed by atoms with E-state index in [9.17, 15) is 11.8 Å². The monoisotopic (exact) mass is 851 g/mol. The lowest BCUT2D eigenvalue weighted by Gasteiger charge is -2.25. The molecule has 0 radical (unpaired) electrons. The second-order valence-corrected chi connectivity index (χ2v) is 17.1. The van der Waals surface area contributed by atoms with Crippen molar-refractivity contribution in [2.24, 2.45) is 0 Å². The topological polar surface area (TPSA) is 64.0 Å². The first-order valence-electron chi connectivity index (χ1n) is 22.3. The fraction of sp³-hybridized carbons (Fsp3) is 0. The van der Waals surface area contributed by atoms with Gasteiger partial charge in [-0.2, -0.15) is 5.26 Å². The van der Waals surface area contributed by atoms with Crippen molar-refractivity contribution in [3.8, 4) is 50.8 Å². The van der Waals surface area contributed by atoms with Crippen LogP contribution in [0.3, 0.4) is 0 Å². The van der Waals surface area contributed by atoms with Crippen LogP contribution in [-0.4, -0.2) is 14.1 Å². The summed E-state index contributed by atoms with van der Waals surface area (Å²) in [5.41, 5.74) is 12.7. The van der Waals surface area contributed by atoms with Crippen molar-refractivity contribution in [3.05, 3.63) is 217 Å². The van der Waals surface area contributed by atoms with Crippen LogP contribution in [0.2, 0.25) is 0 Å². The van der Waals surface area contributed by atoms with E-state index in [1.54, 1.807) is 0 Å². The molecule has 0 amide bonds. The van der Waals surface area contributed by atoms with Gasteiger partial charge in [0.1, 0.15) is 17.2 Å². The summed E-state index contributed by atoms with van der Waals surface area (Å²) in [4.78, 5) is 9.09. The first-order valence-corrected chi connectivity index (χ1v) is 22.3. The molecule has 0 atom stereocenters. The number of pyridine rings is 1. The molecule has 0 saturated heterocycles. The molecule has 0 saturated carbocycles. The third-order valence-electron chi connectivity index (χ3n) is 13.8. The van der Waals surface area contributed by atoms with Gasteiger partial charge in [-0.05, 0) is 69.2 Å². The predicted octanol–water partition coefficient (Wildman–Crippen LogP) is 16.3. The quantitative estimate of drug-likeness (QED) is 0.128. The molecule has 14 rings (SSSR count). The Labute approximate surface area is 383 Å². The average molecular weight is 852 g/mol. The molecule has 0 bridgehead atoms. The highest BCUT2D eigenvalue weighted by Crippen LogP contribution is 2.54. The van der Waals surface area contributed by atoms with Gasteiger partial charge in [-0.3, -0.25) is 4.98 Å². The summed E-state index contributed by atoms with van der Waals surface area (Å²) in [6.45, 7) is 9.24. The van der Waals surface area contributed by atoms with Gasteiger partial charge in [-0.25, -0.2) is 4.85 Å². The van der Waals surface area contributed by atoms with Gasteiger partial charge in [-0.1, -0.05) is 152 Å². The number of aromatic nitrogens is 3. The van der Waals surface area contributed by atoms with Crippen molar-refractivity contribution in [2.45, 2.75) is 0 Å². The number of para-hydroxylation sites is 3. The van der Waals surface area contributed by atoms with Crippen molar-refractivity contribution in [1.29, 1.82) is 5.26 Å². The molecule has 0 unspecified atom stereocenters. The molecule has 0 spiro atoms. The third-order valence-corrected chi connectivity index (χ3v) is 13.8. The Kier molecular flexibility index (Phi) is 7.72. The van der Waals surface area contributed by atoms with Crippen molar-refractivity contribution in [3.63, 3.8) is 0 Å². The van der Waals surface area contributed by atoms with Crippen LogP contribution in [-0.2, 0) is 0 Å². The van der Waals surface area contributed by atoms with Crippen LogP contribution >= 0.6 is 0 Å². The maximum Gasteiger partial charge on any atom is 0.220 e. The minimum Gasteiger partial charge on any atom is -0.455 e. The maximum atomic E-state index is 11.9. The van der Waals surface area contributed by atoms with Crippen LogP contribution in [0.15, 0.2) is 205 Å². The van der Waals surface area contributed by atoms with Gasteiger partial charge in [0.25, 0.3) is 0 Å². The van der Waals surface area contributed by atoms with Crippen LogP contribution in [0, 0.1) is 17.9 Å². The van der Waals surface area contributed by atoms with Crippen LogP contribution in [0.1, 0.15) is 5.56 Å². The molecule has 6 heteroatoms. The number of benzene rings is 10. The number of hydrogen-bond acceptors (Lipinski definition) is 3. The second-order valence-electron chi connectivity index (χ2n) is 17.1. The number of furan rings is 1. The Morgan fingerprint density at radius 1 is 0.463 bits per heavy atom. The van der Waals surface area contributed by atoms with E-state index in [4.69, 9.17) is 4.42 Å². The molecule has 14 aromatic rings. The Balaban J connectivity index is 1.22. The number of rotatable bonds is 5. The Morgan fingerprint density at radius 2 is 1.01 bits per heavy atom. The minimum atomic E-state index is 0.399. The standard InChI is InChI=1S/C61H33N5O/c1-63-58-53(36-16-4-2-5-17-36)46(34-62)59(65-48-27-10-8-21-45(48)55-41(23-14-28-49(55)65)44-26-12-25-43-39-20-9-11-31-52(39)67-61(43)44)54(37-18-6-3-7-19-37)60(58)66-50-29-13-22-40-38-32-33-64-35-47(38)42-24-15-30-51(66)57(42)56(40)50/h2-33,35H. The van der Waals surface area contributed by atoms with Crippen molar-refractivity contribution in [1.82, 2.24) is 14.1 Å². The highest BCUT2D eigenvalue weighted by Gasteiger charge is 2.32. The maximum absolute atomic E-state index is 11.9. The van der Waals surface area contributed by atoms with Gasteiger partial charge in [0.2, 0.25) is 5.69 Å². The van der Waals surface area contributed by atoms with E-state index in [0.29, 0.717) is 28.2 Å². The molecular weight excluding hydrogens is 819 g/mol.